The summed E-state index contributed by atoms with van der Waals surface area (Å²) in [5.41, 5.74) is -0.486. The molecule has 0 spiro atoms. The van der Waals surface area contributed by atoms with Gasteiger partial charge in [0.15, 0.2) is 5.03 Å². The summed E-state index contributed by atoms with van der Waals surface area (Å²) in [7, 11) is -1.18. The Morgan fingerprint density at radius 2 is 2.11 bits per heavy atom. The molecule has 0 aliphatic carbocycles. The summed E-state index contributed by atoms with van der Waals surface area (Å²) in [6.45, 7) is -0.465. The lowest BCUT2D eigenvalue weighted by atomic mass is 10.4. The van der Waals surface area contributed by atoms with Gasteiger partial charge in [-0.15, -0.1) is 0 Å². The number of carbonyl (C=O) groups is 2. The summed E-state index contributed by atoms with van der Waals surface area (Å²) in [5, 5.41) is 13.6. The van der Waals surface area contributed by atoms with Gasteiger partial charge in [-0.3, -0.25) is 9.89 Å². The summed E-state index contributed by atoms with van der Waals surface area (Å²) in [6.07, 6.45) is 0.880. The molecule has 0 radical (unpaired) electrons. The van der Waals surface area contributed by atoms with Crippen molar-refractivity contribution in [2.75, 3.05) is 20.6 Å². The molecule has 0 bridgehead atoms. The number of hydrogen-bond donors (Lipinski definition) is 3. The standard InChI is InChI=1S/C8H12N4O5S/c1-12(2)6(13)4-10-18(16,17)7-5(8(14)15)3-9-11-7/h3,10H,4H2,1-2H3,(H,9,11)(H,14,15). The van der Waals surface area contributed by atoms with E-state index in [-0.39, 0.29) is 0 Å². The van der Waals surface area contributed by atoms with Gasteiger partial charge in [0.1, 0.15) is 5.56 Å². The lowest BCUT2D eigenvalue weighted by Crippen LogP contribution is -2.36. The van der Waals surface area contributed by atoms with Gasteiger partial charge >= 0.3 is 5.97 Å². The number of carboxylic acids is 1. The van der Waals surface area contributed by atoms with Gasteiger partial charge in [0.2, 0.25) is 5.91 Å². The molecule has 0 aliphatic rings. The fraction of sp³-hybridized carbons (Fsp3) is 0.375. The van der Waals surface area contributed by atoms with E-state index < -0.39 is 39.0 Å². The molecule has 0 fully saturated rings. The maximum absolute atomic E-state index is 11.7. The minimum atomic E-state index is -4.12. The SMILES string of the molecule is CN(C)C(=O)CNS(=O)(=O)c1[nH]ncc1C(=O)O. The van der Waals surface area contributed by atoms with Gasteiger partial charge in [0, 0.05) is 14.1 Å². The number of sulfonamides is 1. The Kier molecular flexibility index (Phi) is 4.03. The third-order valence-corrected chi connectivity index (χ3v) is 3.39. The Labute approximate surface area is 103 Å². The van der Waals surface area contributed by atoms with Crippen molar-refractivity contribution in [2.45, 2.75) is 5.03 Å². The van der Waals surface area contributed by atoms with Crippen LogP contribution in [0.5, 0.6) is 0 Å². The molecule has 0 aliphatic heterocycles. The molecule has 0 atom stereocenters. The molecule has 100 valence electrons. The number of nitrogens with zero attached hydrogens (tertiary/aromatic N) is 2. The van der Waals surface area contributed by atoms with E-state index in [9.17, 15) is 18.0 Å². The van der Waals surface area contributed by atoms with Crippen molar-refractivity contribution in [3.05, 3.63) is 11.8 Å². The molecular formula is C8H12N4O5S. The quantitative estimate of drug-likeness (QED) is 0.598. The molecule has 1 rings (SSSR count). The number of rotatable bonds is 5. The largest absolute Gasteiger partial charge is 0.478 e. The summed E-state index contributed by atoms with van der Waals surface area (Å²) in [5.74, 6) is -1.89. The minimum Gasteiger partial charge on any atom is -0.478 e. The highest BCUT2D eigenvalue weighted by molar-refractivity contribution is 7.89. The van der Waals surface area contributed by atoms with Crippen LogP contribution in [-0.2, 0) is 14.8 Å². The molecule has 1 aromatic heterocycles. The van der Waals surface area contributed by atoms with Gasteiger partial charge in [-0.2, -0.15) is 5.10 Å². The Bertz CT molecular complexity index is 562. The maximum Gasteiger partial charge on any atom is 0.340 e. The molecule has 10 heteroatoms. The lowest BCUT2D eigenvalue weighted by Gasteiger charge is -2.10. The number of carboxylic acid groups (broad SMARTS) is 1. The second-order valence-corrected chi connectivity index (χ2v) is 5.23. The van der Waals surface area contributed by atoms with E-state index in [1.807, 2.05) is 4.72 Å². The normalized spacial score (nSPS) is 11.2. The van der Waals surface area contributed by atoms with Crippen molar-refractivity contribution in [3.8, 4) is 0 Å². The molecular weight excluding hydrogens is 264 g/mol. The Balaban J connectivity index is 2.91. The van der Waals surface area contributed by atoms with Crippen LogP contribution >= 0.6 is 0 Å². The molecule has 3 N–H and O–H groups in total. The molecule has 0 unspecified atom stereocenters. The van der Waals surface area contributed by atoms with Crippen LogP contribution in [0.3, 0.4) is 0 Å². The van der Waals surface area contributed by atoms with Crippen LogP contribution in [0.1, 0.15) is 10.4 Å². The third-order valence-electron chi connectivity index (χ3n) is 2.02. The van der Waals surface area contributed by atoms with Crippen LogP contribution in [-0.4, -0.2) is 61.1 Å². The van der Waals surface area contributed by atoms with Gasteiger partial charge in [-0.05, 0) is 0 Å². The van der Waals surface area contributed by atoms with Gasteiger partial charge in [0.25, 0.3) is 10.0 Å². The molecule has 0 aromatic carbocycles. The average Bonchev–Trinajstić information content (AvgIpc) is 2.75. The van der Waals surface area contributed by atoms with Crippen LogP contribution in [0.2, 0.25) is 0 Å². The van der Waals surface area contributed by atoms with Crippen LogP contribution in [0, 0.1) is 0 Å². The number of hydrogen-bond acceptors (Lipinski definition) is 5. The Hall–Kier alpha value is -1.94. The van der Waals surface area contributed by atoms with E-state index in [2.05, 4.69) is 10.2 Å². The van der Waals surface area contributed by atoms with E-state index in [0.29, 0.717) is 0 Å². The first-order valence-corrected chi connectivity index (χ1v) is 6.20. The highest BCUT2D eigenvalue weighted by atomic mass is 32.2. The Morgan fingerprint density at radius 1 is 1.50 bits per heavy atom. The Morgan fingerprint density at radius 3 is 2.61 bits per heavy atom. The van der Waals surface area contributed by atoms with Crippen molar-refractivity contribution in [2.24, 2.45) is 0 Å². The van der Waals surface area contributed by atoms with Gasteiger partial charge in [-0.25, -0.2) is 17.9 Å². The second-order valence-electron chi connectivity index (χ2n) is 3.53. The van der Waals surface area contributed by atoms with E-state index in [0.717, 1.165) is 6.20 Å². The number of H-pyrrole nitrogens is 1. The van der Waals surface area contributed by atoms with Crippen molar-refractivity contribution >= 4 is 21.9 Å². The van der Waals surface area contributed by atoms with Crippen molar-refractivity contribution in [3.63, 3.8) is 0 Å². The lowest BCUT2D eigenvalue weighted by molar-refractivity contribution is -0.127. The topological polar surface area (TPSA) is 132 Å². The zero-order valence-electron chi connectivity index (χ0n) is 9.67. The predicted molar refractivity (Wildman–Crippen MR) is 59.4 cm³/mol. The smallest absolute Gasteiger partial charge is 0.340 e. The number of amides is 1. The number of carbonyl (C=O) groups excluding carboxylic acids is 1. The number of aromatic nitrogens is 2. The minimum absolute atomic E-state index is 0.463. The number of nitrogens with one attached hydrogen (secondary N) is 2. The molecule has 1 heterocycles. The van der Waals surface area contributed by atoms with Crippen LogP contribution in [0.4, 0.5) is 0 Å². The summed E-state index contributed by atoms with van der Waals surface area (Å²) < 4.78 is 25.4. The summed E-state index contributed by atoms with van der Waals surface area (Å²) in [4.78, 5) is 23.2. The average molecular weight is 276 g/mol. The van der Waals surface area contributed by atoms with E-state index >= 15 is 0 Å². The number of aromatic carboxylic acids is 1. The van der Waals surface area contributed by atoms with E-state index in [4.69, 9.17) is 5.11 Å². The molecule has 18 heavy (non-hydrogen) atoms. The van der Waals surface area contributed by atoms with Crippen molar-refractivity contribution < 1.29 is 23.1 Å². The second kappa shape index (κ2) is 5.14. The first-order valence-electron chi connectivity index (χ1n) is 4.72. The maximum atomic E-state index is 11.7. The number of aromatic amines is 1. The summed E-state index contributed by atoms with van der Waals surface area (Å²) >= 11 is 0. The molecule has 0 saturated carbocycles. The zero-order valence-corrected chi connectivity index (χ0v) is 10.5. The summed E-state index contributed by atoms with van der Waals surface area (Å²) in [6, 6.07) is 0. The van der Waals surface area contributed by atoms with Crippen molar-refractivity contribution in [1.82, 2.24) is 19.8 Å². The highest BCUT2D eigenvalue weighted by Crippen LogP contribution is 2.11. The molecule has 1 amide bonds. The highest BCUT2D eigenvalue weighted by Gasteiger charge is 2.25. The zero-order chi connectivity index (χ0) is 13.9. The van der Waals surface area contributed by atoms with Gasteiger partial charge in [-0.1, -0.05) is 0 Å². The van der Waals surface area contributed by atoms with Crippen LogP contribution in [0.15, 0.2) is 11.2 Å². The molecule has 1 aromatic rings. The third kappa shape index (κ3) is 3.05. The van der Waals surface area contributed by atoms with E-state index in [1.165, 1.54) is 19.0 Å². The first-order chi connectivity index (χ1) is 8.25. The van der Waals surface area contributed by atoms with Crippen LogP contribution in [0.25, 0.3) is 0 Å². The molecule has 9 nitrogen and oxygen atoms in total. The van der Waals surface area contributed by atoms with Crippen molar-refractivity contribution in [1.29, 1.82) is 0 Å². The number of likely N-dealkylation sites (N-methyl/N-ethyl adjacent to an activating group) is 1. The van der Waals surface area contributed by atoms with E-state index in [1.54, 1.807) is 0 Å². The predicted octanol–water partition coefficient (Wildman–Crippen LogP) is -1.53. The first kappa shape index (κ1) is 14.1. The monoisotopic (exact) mass is 276 g/mol. The van der Waals surface area contributed by atoms with Crippen LogP contribution < -0.4 is 4.72 Å². The molecule has 0 saturated heterocycles. The fourth-order valence-electron chi connectivity index (χ4n) is 1.02. The van der Waals surface area contributed by atoms with Gasteiger partial charge < -0.3 is 10.0 Å². The van der Waals surface area contributed by atoms with Gasteiger partial charge in [0.05, 0.1) is 12.7 Å². The fourth-order valence-corrected chi connectivity index (χ4v) is 2.08.